The van der Waals surface area contributed by atoms with Crippen molar-refractivity contribution in [3.05, 3.63) is 69.1 Å². The van der Waals surface area contributed by atoms with Crippen molar-refractivity contribution in [2.75, 3.05) is 0 Å². The Hall–Kier alpha value is -2.36. The van der Waals surface area contributed by atoms with Gasteiger partial charge in [0.15, 0.2) is 0 Å². The van der Waals surface area contributed by atoms with Gasteiger partial charge in [-0.25, -0.2) is 0 Å². The molecule has 0 aliphatic rings. The predicted molar refractivity (Wildman–Crippen MR) is 74.1 cm³/mol. The molecule has 0 aliphatic heterocycles. The van der Waals surface area contributed by atoms with Crippen LogP contribution in [-0.2, 0) is 6.54 Å². The van der Waals surface area contributed by atoms with E-state index in [4.69, 9.17) is 0 Å². The van der Waals surface area contributed by atoms with Crippen LogP contribution in [0.2, 0.25) is 0 Å². The fourth-order valence-corrected chi connectivity index (χ4v) is 1.87. The summed E-state index contributed by atoms with van der Waals surface area (Å²) >= 11 is 0. The monoisotopic (exact) mass is 256 g/mol. The van der Waals surface area contributed by atoms with Gasteiger partial charge in [-0.15, -0.1) is 0 Å². The number of amides is 1. The molecule has 4 heteroatoms. The fraction of sp³-hybridized carbons (Fsp3) is 0.200. The molecule has 0 aliphatic carbocycles. The molecule has 0 atom stereocenters. The van der Waals surface area contributed by atoms with Crippen LogP contribution in [0.3, 0.4) is 0 Å². The maximum absolute atomic E-state index is 11.9. The minimum absolute atomic E-state index is 0.132. The first-order valence-corrected chi connectivity index (χ1v) is 6.10. The summed E-state index contributed by atoms with van der Waals surface area (Å²) in [4.78, 5) is 25.9. The fourth-order valence-electron chi connectivity index (χ4n) is 1.87. The second-order valence-electron chi connectivity index (χ2n) is 4.45. The van der Waals surface area contributed by atoms with E-state index >= 15 is 0 Å². The number of nitrogens with one attached hydrogen (secondary N) is 2. The van der Waals surface area contributed by atoms with Crippen molar-refractivity contribution in [3.63, 3.8) is 0 Å². The van der Waals surface area contributed by atoms with E-state index in [2.05, 4.69) is 10.3 Å². The Morgan fingerprint density at radius 3 is 2.74 bits per heavy atom. The number of aryl methyl sites for hydroxylation is 1. The molecule has 0 spiro atoms. The summed E-state index contributed by atoms with van der Waals surface area (Å²) in [5.74, 6) is -0.359. The molecule has 19 heavy (non-hydrogen) atoms. The molecule has 0 bridgehead atoms. The van der Waals surface area contributed by atoms with Gasteiger partial charge in [-0.05, 0) is 42.7 Å². The number of pyridine rings is 1. The molecule has 0 saturated carbocycles. The molecule has 1 aromatic carbocycles. The number of hydrogen-bond donors (Lipinski definition) is 2. The highest BCUT2D eigenvalue weighted by molar-refractivity contribution is 5.93. The summed E-state index contributed by atoms with van der Waals surface area (Å²) in [6.07, 6.45) is 1.50. The first-order chi connectivity index (χ1) is 9.09. The van der Waals surface area contributed by atoms with E-state index in [1.54, 1.807) is 6.07 Å². The zero-order valence-electron chi connectivity index (χ0n) is 11.0. The van der Waals surface area contributed by atoms with Gasteiger partial charge in [0.05, 0.1) is 0 Å². The minimum Gasteiger partial charge on any atom is -0.348 e. The van der Waals surface area contributed by atoms with E-state index in [1.807, 2.05) is 32.0 Å². The molecule has 2 aromatic rings. The maximum atomic E-state index is 11.9. The van der Waals surface area contributed by atoms with Gasteiger partial charge in [0.2, 0.25) is 0 Å². The topological polar surface area (TPSA) is 62.0 Å². The SMILES string of the molecule is Cc1cccc(CNC(=O)c2ccc[nH]c2=O)c1C. The second-order valence-corrected chi connectivity index (χ2v) is 4.45. The number of aromatic nitrogens is 1. The average molecular weight is 256 g/mol. The summed E-state index contributed by atoms with van der Waals surface area (Å²) in [5, 5.41) is 2.77. The standard InChI is InChI=1S/C15H16N2O2/c1-10-5-3-6-12(11(10)2)9-17-15(19)13-7-4-8-16-14(13)18/h3-8H,9H2,1-2H3,(H,16,18)(H,17,19). The van der Waals surface area contributed by atoms with Crippen LogP contribution in [0.15, 0.2) is 41.3 Å². The number of rotatable bonds is 3. The summed E-state index contributed by atoms with van der Waals surface area (Å²) in [7, 11) is 0. The number of hydrogen-bond acceptors (Lipinski definition) is 2. The molecular formula is C15H16N2O2. The zero-order chi connectivity index (χ0) is 13.8. The van der Waals surface area contributed by atoms with Gasteiger partial charge in [-0.2, -0.15) is 0 Å². The van der Waals surface area contributed by atoms with Crippen LogP contribution >= 0.6 is 0 Å². The lowest BCUT2D eigenvalue weighted by atomic mass is 10.0. The molecule has 0 unspecified atom stereocenters. The molecule has 0 radical (unpaired) electrons. The van der Waals surface area contributed by atoms with E-state index in [9.17, 15) is 9.59 Å². The third-order valence-corrected chi connectivity index (χ3v) is 3.22. The van der Waals surface area contributed by atoms with Crippen molar-refractivity contribution >= 4 is 5.91 Å². The molecule has 98 valence electrons. The van der Waals surface area contributed by atoms with Gasteiger partial charge in [-0.1, -0.05) is 18.2 Å². The molecule has 2 rings (SSSR count). The maximum Gasteiger partial charge on any atom is 0.260 e. The van der Waals surface area contributed by atoms with Crippen LogP contribution in [-0.4, -0.2) is 10.9 Å². The van der Waals surface area contributed by atoms with Crippen LogP contribution in [0.4, 0.5) is 0 Å². The third kappa shape index (κ3) is 2.91. The smallest absolute Gasteiger partial charge is 0.260 e. The van der Waals surface area contributed by atoms with Gasteiger partial charge in [0, 0.05) is 12.7 Å². The molecule has 0 fully saturated rings. The van der Waals surface area contributed by atoms with Crippen molar-refractivity contribution in [1.29, 1.82) is 0 Å². The summed E-state index contributed by atoms with van der Waals surface area (Å²) in [6.45, 7) is 4.47. The van der Waals surface area contributed by atoms with Gasteiger partial charge < -0.3 is 10.3 Å². The number of benzene rings is 1. The Balaban J connectivity index is 2.11. The normalized spacial score (nSPS) is 10.2. The van der Waals surface area contributed by atoms with Crippen LogP contribution < -0.4 is 10.9 Å². The Kier molecular flexibility index (Phi) is 3.80. The van der Waals surface area contributed by atoms with Crippen LogP contribution in [0.25, 0.3) is 0 Å². The van der Waals surface area contributed by atoms with Crippen molar-refractivity contribution in [3.8, 4) is 0 Å². The van der Waals surface area contributed by atoms with Crippen LogP contribution in [0.1, 0.15) is 27.0 Å². The van der Waals surface area contributed by atoms with Crippen molar-refractivity contribution in [1.82, 2.24) is 10.3 Å². The van der Waals surface area contributed by atoms with Gasteiger partial charge in [0.25, 0.3) is 11.5 Å². The highest BCUT2D eigenvalue weighted by Gasteiger charge is 2.09. The lowest BCUT2D eigenvalue weighted by molar-refractivity contribution is 0.0949. The molecule has 1 amide bonds. The van der Waals surface area contributed by atoms with Crippen LogP contribution in [0.5, 0.6) is 0 Å². The summed E-state index contributed by atoms with van der Waals surface area (Å²) in [6, 6.07) is 9.10. The minimum atomic E-state index is -0.374. The average Bonchev–Trinajstić information content (AvgIpc) is 2.40. The van der Waals surface area contributed by atoms with Crippen LogP contribution in [0, 0.1) is 13.8 Å². The molecule has 1 heterocycles. The van der Waals surface area contributed by atoms with E-state index in [1.165, 1.54) is 17.8 Å². The number of aromatic amines is 1. The van der Waals surface area contributed by atoms with Crippen molar-refractivity contribution in [2.45, 2.75) is 20.4 Å². The Morgan fingerprint density at radius 2 is 2.00 bits per heavy atom. The summed E-state index contributed by atoms with van der Waals surface area (Å²) < 4.78 is 0. The van der Waals surface area contributed by atoms with Gasteiger partial charge in [-0.3, -0.25) is 9.59 Å². The summed E-state index contributed by atoms with van der Waals surface area (Å²) in [5.41, 5.74) is 3.16. The second kappa shape index (κ2) is 5.52. The molecular weight excluding hydrogens is 240 g/mol. The van der Waals surface area contributed by atoms with Crippen molar-refractivity contribution in [2.24, 2.45) is 0 Å². The van der Waals surface area contributed by atoms with Gasteiger partial charge in [0.1, 0.15) is 5.56 Å². The van der Waals surface area contributed by atoms with E-state index < -0.39 is 0 Å². The zero-order valence-corrected chi connectivity index (χ0v) is 11.0. The number of carbonyl (C=O) groups excluding carboxylic acids is 1. The highest BCUT2D eigenvalue weighted by atomic mass is 16.2. The Labute approximate surface area is 111 Å². The molecule has 1 aromatic heterocycles. The molecule has 4 nitrogen and oxygen atoms in total. The first-order valence-electron chi connectivity index (χ1n) is 6.10. The van der Waals surface area contributed by atoms with E-state index in [0.29, 0.717) is 6.54 Å². The van der Waals surface area contributed by atoms with Gasteiger partial charge >= 0.3 is 0 Å². The van der Waals surface area contributed by atoms with Crippen molar-refractivity contribution < 1.29 is 4.79 Å². The third-order valence-electron chi connectivity index (χ3n) is 3.22. The Morgan fingerprint density at radius 1 is 1.21 bits per heavy atom. The molecule has 0 saturated heterocycles. The lowest BCUT2D eigenvalue weighted by Gasteiger charge is -2.09. The first kappa shape index (κ1) is 13.1. The lowest BCUT2D eigenvalue weighted by Crippen LogP contribution is -2.29. The molecule has 2 N–H and O–H groups in total. The predicted octanol–water partition coefficient (Wildman–Crippen LogP) is 1.92. The van der Waals surface area contributed by atoms with E-state index in [0.717, 1.165) is 11.1 Å². The Bertz CT molecular complexity index is 659. The number of H-pyrrole nitrogens is 1. The largest absolute Gasteiger partial charge is 0.348 e. The quantitative estimate of drug-likeness (QED) is 0.881. The highest BCUT2D eigenvalue weighted by Crippen LogP contribution is 2.12. The number of carbonyl (C=O) groups is 1. The van der Waals surface area contributed by atoms with E-state index in [-0.39, 0.29) is 17.0 Å².